The lowest BCUT2D eigenvalue weighted by Crippen LogP contribution is -2.00. The van der Waals surface area contributed by atoms with Gasteiger partial charge in [0.25, 0.3) is 0 Å². The molecule has 0 saturated carbocycles. The van der Waals surface area contributed by atoms with Gasteiger partial charge in [0.05, 0.1) is 0 Å². The molecule has 0 aliphatic carbocycles. The SMILES string of the molecule is CC1=NC[N+](C)=C1. The average Bonchev–Trinajstić information content (AvgIpc) is 1.87. The van der Waals surface area contributed by atoms with E-state index in [0.29, 0.717) is 0 Å². The molecule has 38 valence electrons. The molecule has 0 atom stereocenters. The zero-order valence-electron chi connectivity index (χ0n) is 4.68. The molecule has 0 spiro atoms. The van der Waals surface area contributed by atoms with Gasteiger partial charge in [0.15, 0.2) is 6.21 Å². The summed E-state index contributed by atoms with van der Waals surface area (Å²) in [5, 5.41) is 0. The molecule has 0 aromatic heterocycles. The summed E-state index contributed by atoms with van der Waals surface area (Å²) in [4.78, 5) is 4.10. The third kappa shape index (κ3) is 0.856. The Hall–Kier alpha value is -0.660. The van der Waals surface area contributed by atoms with E-state index < -0.39 is 0 Å². The van der Waals surface area contributed by atoms with Crippen molar-refractivity contribution in [2.24, 2.45) is 4.99 Å². The van der Waals surface area contributed by atoms with E-state index in [1.807, 2.05) is 20.2 Å². The predicted octanol–water partition coefficient (Wildman–Crippen LogP) is 0.132. The van der Waals surface area contributed by atoms with Crippen molar-refractivity contribution in [1.82, 2.24) is 0 Å². The monoisotopic (exact) mass is 97.1 g/mol. The Morgan fingerprint density at radius 1 is 1.86 bits per heavy atom. The Kier molecular flexibility index (Phi) is 0.929. The predicted molar refractivity (Wildman–Crippen MR) is 30.2 cm³/mol. The second kappa shape index (κ2) is 1.45. The van der Waals surface area contributed by atoms with Crippen LogP contribution in [0, 0.1) is 0 Å². The van der Waals surface area contributed by atoms with Gasteiger partial charge in [0, 0.05) is 0 Å². The van der Waals surface area contributed by atoms with E-state index in [2.05, 4.69) is 9.57 Å². The smallest absolute Gasteiger partial charge is 0.219 e. The fourth-order valence-electron chi connectivity index (χ4n) is 0.624. The van der Waals surface area contributed by atoms with E-state index in [4.69, 9.17) is 0 Å². The fourth-order valence-corrected chi connectivity index (χ4v) is 0.624. The molecule has 0 amide bonds. The number of hydrogen-bond acceptors (Lipinski definition) is 1. The zero-order chi connectivity index (χ0) is 5.28. The molecule has 0 saturated heterocycles. The van der Waals surface area contributed by atoms with Gasteiger partial charge >= 0.3 is 0 Å². The second-order valence-electron chi connectivity index (χ2n) is 1.83. The van der Waals surface area contributed by atoms with Crippen LogP contribution in [0.25, 0.3) is 0 Å². The van der Waals surface area contributed by atoms with Crippen LogP contribution in [-0.4, -0.2) is 30.2 Å². The van der Waals surface area contributed by atoms with Gasteiger partial charge in [-0.15, -0.1) is 0 Å². The largest absolute Gasteiger partial charge is 0.235 e. The minimum atomic E-state index is 0.839. The standard InChI is InChI=1S/C5H9N2/c1-5-3-7(2)4-6-5/h3H,4H2,1-2H3/q+1. The molecule has 0 unspecified atom stereocenters. The lowest BCUT2D eigenvalue weighted by molar-refractivity contribution is -0.485. The van der Waals surface area contributed by atoms with Crippen molar-refractivity contribution in [2.45, 2.75) is 6.92 Å². The first-order valence-electron chi connectivity index (χ1n) is 2.35. The van der Waals surface area contributed by atoms with E-state index in [1.165, 1.54) is 0 Å². The first kappa shape index (κ1) is 4.50. The highest BCUT2D eigenvalue weighted by Gasteiger charge is 2.02. The highest BCUT2D eigenvalue weighted by atomic mass is 15.1. The molecule has 7 heavy (non-hydrogen) atoms. The molecule has 0 radical (unpaired) electrons. The van der Waals surface area contributed by atoms with Gasteiger partial charge in [0.1, 0.15) is 12.8 Å². The lowest BCUT2D eigenvalue weighted by Gasteiger charge is -1.75. The number of hydrogen-bond donors (Lipinski definition) is 0. The summed E-state index contributed by atoms with van der Waals surface area (Å²) in [6, 6.07) is 0. The molecule has 0 N–H and O–H groups in total. The van der Waals surface area contributed by atoms with Gasteiger partial charge < -0.3 is 0 Å². The summed E-state index contributed by atoms with van der Waals surface area (Å²) in [6.07, 6.45) is 2.03. The van der Waals surface area contributed by atoms with E-state index in [0.717, 1.165) is 12.4 Å². The van der Waals surface area contributed by atoms with Crippen LogP contribution >= 0.6 is 0 Å². The third-order valence-corrected chi connectivity index (χ3v) is 0.950. The molecule has 1 rings (SSSR count). The molecular weight excluding hydrogens is 88.1 g/mol. The molecule has 2 heteroatoms. The van der Waals surface area contributed by atoms with Crippen molar-refractivity contribution < 1.29 is 4.58 Å². The summed E-state index contributed by atoms with van der Waals surface area (Å²) in [5.74, 6) is 0. The Morgan fingerprint density at radius 3 is 2.71 bits per heavy atom. The molecule has 1 aliphatic heterocycles. The number of aliphatic imine (C=N–C) groups is 1. The van der Waals surface area contributed by atoms with Gasteiger partial charge in [-0.05, 0) is 6.92 Å². The second-order valence-corrected chi connectivity index (χ2v) is 1.83. The van der Waals surface area contributed by atoms with Crippen LogP contribution in [0.15, 0.2) is 4.99 Å². The van der Waals surface area contributed by atoms with Crippen LogP contribution in [0.5, 0.6) is 0 Å². The average molecular weight is 97.1 g/mol. The topological polar surface area (TPSA) is 15.4 Å². The van der Waals surface area contributed by atoms with Crippen molar-refractivity contribution in [3.05, 3.63) is 0 Å². The fraction of sp³-hybridized carbons (Fsp3) is 0.600. The van der Waals surface area contributed by atoms with Crippen molar-refractivity contribution in [3.63, 3.8) is 0 Å². The van der Waals surface area contributed by atoms with Crippen molar-refractivity contribution in [1.29, 1.82) is 0 Å². The highest BCUT2D eigenvalue weighted by molar-refractivity contribution is 6.28. The lowest BCUT2D eigenvalue weighted by atomic mass is 10.5. The van der Waals surface area contributed by atoms with Crippen LogP contribution < -0.4 is 0 Å². The Labute approximate surface area is 43.2 Å². The summed E-state index contributed by atoms with van der Waals surface area (Å²) in [5.41, 5.74) is 1.13. The molecule has 0 fully saturated rings. The van der Waals surface area contributed by atoms with Crippen LogP contribution in [0.1, 0.15) is 6.92 Å². The Balaban J connectivity index is 2.69. The zero-order valence-corrected chi connectivity index (χ0v) is 4.68. The van der Waals surface area contributed by atoms with E-state index in [9.17, 15) is 0 Å². The maximum atomic E-state index is 4.10. The molecule has 1 heterocycles. The molecule has 1 aliphatic rings. The maximum absolute atomic E-state index is 4.10. The van der Waals surface area contributed by atoms with Crippen molar-refractivity contribution >= 4 is 11.9 Å². The van der Waals surface area contributed by atoms with Crippen LogP contribution in [0.4, 0.5) is 0 Å². The molecular formula is C5H9N2+. The van der Waals surface area contributed by atoms with Gasteiger partial charge in [-0.1, -0.05) is 0 Å². The van der Waals surface area contributed by atoms with Gasteiger partial charge in [0.2, 0.25) is 6.67 Å². The minimum Gasteiger partial charge on any atom is -0.219 e. The molecule has 0 bridgehead atoms. The van der Waals surface area contributed by atoms with E-state index in [-0.39, 0.29) is 0 Å². The third-order valence-electron chi connectivity index (χ3n) is 0.950. The van der Waals surface area contributed by atoms with E-state index in [1.54, 1.807) is 0 Å². The molecule has 0 aromatic rings. The van der Waals surface area contributed by atoms with Crippen LogP contribution in [0.3, 0.4) is 0 Å². The minimum absolute atomic E-state index is 0.839. The molecule has 2 nitrogen and oxygen atoms in total. The van der Waals surface area contributed by atoms with Crippen molar-refractivity contribution in [3.8, 4) is 0 Å². The summed E-state index contributed by atoms with van der Waals surface area (Å²) in [7, 11) is 2.01. The van der Waals surface area contributed by atoms with Gasteiger partial charge in [-0.3, -0.25) is 0 Å². The van der Waals surface area contributed by atoms with Crippen LogP contribution in [0.2, 0.25) is 0 Å². The molecule has 0 aromatic carbocycles. The summed E-state index contributed by atoms with van der Waals surface area (Å²) < 4.78 is 2.05. The Morgan fingerprint density at radius 2 is 2.57 bits per heavy atom. The number of rotatable bonds is 0. The first-order chi connectivity index (χ1) is 3.29. The quantitative estimate of drug-likeness (QED) is 0.382. The highest BCUT2D eigenvalue weighted by Crippen LogP contribution is 1.82. The Bertz CT molecular complexity index is 133. The summed E-state index contributed by atoms with van der Waals surface area (Å²) in [6.45, 7) is 2.84. The van der Waals surface area contributed by atoms with Crippen molar-refractivity contribution in [2.75, 3.05) is 13.7 Å². The van der Waals surface area contributed by atoms with Crippen LogP contribution in [-0.2, 0) is 0 Å². The van der Waals surface area contributed by atoms with Gasteiger partial charge in [-0.25, -0.2) is 9.57 Å². The summed E-state index contributed by atoms with van der Waals surface area (Å²) >= 11 is 0. The maximum Gasteiger partial charge on any atom is 0.235 e. The first-order valence-corrected chi connectivity index (χ1v) is 2.35. The normalized spacial score (nSPS) is 19.1. The van der Waals surface area contributed by atoms with Gasteiger partial charge in [-0.2, -0.15) is 0 Å². The number of nitrogens with zero attached hydrogens (tertiary/aromatic N) is 2. The van der Waals surface area contributed by atoms with E-state index >= 15 is 0 Å².